The summed E-state index contributed by atoms with van der Waals surface area (Å²) in [5.74, 6) is -0.376. The van der Waals surface area contributed by atoms with Gasteiger partial charge in [-0.15, -0.1) is 22.7 Å². The molecule has 2 aromatic heterocycles. The fraction of sp³-hybridized carbons (Fsp3) is 0.167. The first kappa shape index (κ1) is 17.3. The van der Waals surface area contributed by atoms with E-state index in [9.17, 15) is 9.59 Å². The molecule has 7 heteroatoms. The Bertz CT molecular complexity index is 901. The van der Waals surface area contributed by atoms with Gasteiger partial charge in [0.25, 0.3) is 11.8 Å². The molecule has 2 amide bonds. The van der Waals surface area contributed by atoms with Gasteiger partial charge in [-0.25, -0.2) is 4.98 Å². The average Bonchev–Trinajstić information content (AvgIpc) is 3.24. The summed E-state index contributed by atoms with van der Waals surface area (Å²) < 4.78 is 0. The Kier molecular flexibility index (Phi) is 5.25. The fourth-order valence-corrected chi connectivity index (χ4v) is 4.06. The van der Waals surface area contributed by atoms with Crippen LogP contribution in [0.4, 0.5) is 5.69 Å². The summed E-state index contributed by atoms with van der Waals surface area (Å²) in [4.78, 5) is 30.6. The molecule has 0 bridgehead atoms. The first-order chi connectivity index (χ1) is 12.1. The van der Waals surface area contributed by atoms with Crippen LogP contribution >= 0.6 is 22.7 Å². The molecule has 0 unspecified atom stereocenters. The van der Waals surface area contributed by atoms with Crippen LogP contribution < -0.4 is 10.6 Å². The molecule has 5 nitrogen and oxygen atoms in total. The van der Waals surface area contributed by atoms with Crippen molar-refractivity contribution in [3.63, 3.8) is 0 Å². The van der Waals surface area contributed by atoms with Crippen LogP contribution in [-0.4, -0.2) is 23.3 Å². The van der Waals surface area contributed by atoms with Crippen molar-refractivity contribution in [3.05, 3.63) is 57.9 Å². The molecule has 3 aromatic rings. The van der Waals surface area contributed by atoms with Crippen LogP contribution in [0.1, 0.15) is 32.6 Å². The minimum atomic E-state index is -0.217. The van der Waals surface area contributed by atoms with Crippen molar-refractivity contribution in [1.29, 1.82) is 0 Å². The predicted octanol–water partition coefficient (Wildman–Crippen LogP) is 4.18. The van der Waals surface area contributed by atoms with Crippen molar-refractivity contribution in [3.8, 4) is 9.88 Å². The van der Waals surface area contributed by atoms with Crippen LogP contribution in [0, 0.1) is 6.92 Å². The lowest BCUT2D eigenvalue weighted by Gasteiger charge is -2.07. The number of hydrogen-bond donors (Lipinski definition) is 2. The van der Waals surface area contributed by atoms with Crippen molar-refractivity contribution in [2.24, 2.45) is 0 Å². The predicted molar refractivity (Wildman–Crippen MR) is 103 cm³/mol. The second-order valence-electron chi connectivity index (χ2n) is 5.31. The van der Waals surface area contributed by atoms with Crippen LogP contribution in [0.5, 0.6) is 0 Å². The molecule has 0 fully saturated rings. The third-order valence-corrected chi connectivity index (χ3v) is 5.65. The zero-order valence-corrected chi connectivity index (χ0v) is 15.5. The van der Waals surface area contributed by atoms with Gasteiger partial charge < -0.3 is 10.6 Å². The van der Waals surface area contributed by atoms with Gasteiger partial charge >= 0.3 is 0 Å². The zero-order chi connectivity index (χ0) is 17.8. The van der Waals surface area contributed by atoms with E-state index in [1.165, 1.54) is 11.3 Å². The van der Waals surface area contributed by atoms with E-state index in [0.29, 0.717) is 28.4 Å². The number of carbonyl (C=O) groups excluding carboxylic acids is 2. The molecule has 2 heterocycles. The maximum Gasteiger partial charge on any atom is 0.267 e. The van der Waals surface area contributed by atoms with E-state index < -0.39 is 0 Å². The van der Waals surface area contributed by atoms with Crippen LogP contribution in [-0.2, 0) is 0 Å². The molecule has 1 aromatic carbocycles. The molecular formula is C18H17N3O2S2. The van der Waals surface area contributed by atoms with Crippen molar-refractivity contribution in [1.82, 2.24) is 10.3 Å². The molecule has 3 rings (SSSR count). The molecule has 128 valence electrons. The molecule has 0 radical (unpaired) electrons. The molecule has 0 atom stereocenters. The lowest BCUT2D eigenvalue weighted by atomic mass is 10.2. The van der Waals surface area contributed by atoms with Crippen molar-refractivity contribution >= 4 is 40.2 Å². The zero-order valence-electron chi connectivity index (χ0n) is 13.8. The van der Waals surface area contributed by atoms with E-state index >= 15 is 0 Å². The number of aryl methyl sites for hydroxylation is 1. The first-order valence-electron chi connectivity index (χ1n) is 7.79. The number of rotatable bonds is 5. The van der Waals surface area contributed by atoms with Crippen LogP contribution in [0.2, 0.25) is 0 Å². The number of aromatic nitrogens is 1. The highest BCUT2D eigenvalue weighted by atomic mass is 32.1. The smallest absolute Gasteiger partial charge is 0.267 e. The number of carbonyl (C=O) groups is 2. The van der Waals surface area contributed by atoms with Gasteiger partial charge in [-0.05, 0) is 43.5 Å². The molecule has 0 aliphatic rings. The largest absolute Gasteiger partial charge is 0.352 e. The molecular weight excluding hydrogens is 354 g/mol. The highest BCUT2D eigenvalue weighted by Crippen LogP contribution is 2.31. The summed E-state index contributed by atoms with van der Waals surface area (Å²) in [6.07, 6.45) is 0. The quantitative estimate of drug-likeness (QED) is 0.707. The minimum Gasteiger partial charge on any atom is -0.352 e. The molecule has 0 saturated heterocycles. The highest BCUT2D eigenvalue weighted by Gasteiger charge is 2.17. The van der Waals surface area contributed by atoms with E-state index in [0.717, 1.165) is 9.88 Å². The van der Waals surface area contributed by atoms with Crippen molar-refractivity contribution in [2.45, 2.75) is 13.8 Å². The number of nitrogens with one attached hydrogen (secondary N) is 2. The number of thiophene rings is 1. The van der Waals surface area contributed by atoms with Gasteiger partial charge in [0.2, 0.25) is 0 Å². The Morgan fingerprint density at radius 2 is 2.00 bits per heavy atom. The topological polar surface area (TPSA) is 71.1 Å². The van der Waals surface area contributed by atoms with E-state index in [-0.39, 0.29) is 11.8 Å². The van der Waals surface area contributed by atoms with E-state index in [1.807, 2.05) is 31.4 Å². The standard InChI is InChI=1S/C18H17N3O2S2/c1-3-19-16(22)12-6-4-7-13(10-12)21-17(23)15-11(2)20-18(25-15)14-8-5-9-24-14/h4-10H,3H2,1-2H3,(H,19,22)(H,21,23). The second kappa shape index (κ2) is 7.58. The van der Waals surface area contributed by atoms with Crippen LogP contribution in [0.25, 0.3) is 9.88 Å². The third-order valence-electron chi connectivity index (χ3n) is 3.45. The van der Waals surface area contributed by atoms with Gasteiger partial charge in [-0.2, -0.15) is 0 Å². The normalized spacial score (nSPS) is 10.5. The highest BCUT2D eigenvalue weighted by molar-refractivity contribution is 7.22. The summed E-state index contributed by atoms with van der Waals surface area (Å²) in [6.45, 7) is 4.25. The van der Waals surface area contributed by atoms with Crippen LogP contribution in [0.3, 0.4) is 0 Å². The van der Waals surface area contributed by atoms with Crippen LogP contribution in [0.15, 0.2) is 41.8 Å². The Labute approximate surface area is 153 Å². The number of nitrogens with zero attached hydrogens (tertiary/aromatic N) is 1. The van der Waals surface area contributed by atoms with Gasteiger partial charge in [0, 0.05) is 17.8 Å². The molecule has 0 aliphatic carbocycles. The van der Waals surface area contributed by atoms with Gasteiger partial charge in [0.1, 0.15) is 9.88 Å². The van der Waals surface area contributed by atoms with E-state index in [2.05, 4.69) is 15.6 Å². The third kappa shape index (κ3) is 3.94. The van der Waals surface area contributed by atoms with Crippen molar-refractivity contribution < 1.29 is 9.59 Å². The minimum absolute atomic E-state index is 0.160. The number of amides is 2. The SMILES string of the molecule is CCNC(=O)c1cccc(NC(=O)c2sc(-c3cccs3)nc2C)c1. The molecule has 0 spiro atoms. The number of anilines is 1. The van der Waals surface area contributed by atoms with Gasteiger partial charge in [0.05, 0.1) is 10.6 Å². The van der Waals surface area contributed by atoms with Gasteiger partial charge in [-0.1, -0.05) is 12.1 Å². The summed E-state index contributed by atoms with van der Waals surface area (Å²) in [7, 11) is 0. The Balaban J connectivity index is 1.79. The Morgan fingerprint density at radius 1 is 1.16 bits per heavy atom. The lowest BCUT2D eigenvalue weighted by Crippen LogP contribution is -2.22. The fourth-order valence-electron chi connectivity index (χ4n) is 2.30. The summed E-state index contributed by atoms with van der Waals surface area (Å²) >= 11 is 2.97. The summed E-state index contributed by atoms with van der Waals surface area (Å²) in [6, 6.07) is 10.8. The van der Waals surface area contributed by atoms with Gasteiger partial charge in [0.15, 0.2) is 0 Å². The van der Waals surface area contributed by atoms with Gasteiger partial charge in [-0.3, -0.25) is 9.59 Å². The second-order valence-corrected chi connectivity index (χ2v) is 7.25. The first-order valence-corrected chi connectivity index (χ1v) is 9.49. The molecule has 25 heavy (non-hydrogen) atoms. The van der Waals surface area contributed by atoms with E-state index in [1.54, 1.807) is 35.6 Å². The number of thiazole rings is 1. The monoisotopic (exact) mass is 371 g/mol. The maximum atomic E-state index is 12.6. The summed E-state index contributed by atoms with van der Waals surface area (Å²) in [5.41, 5.74) is 1.80. The molecule has 2 N–H and O–H groups in total. The maximum absolute atomic E-state index is 12.6. The van der Waals surface area contributed by atoms with E-state index in [4.69, 9.17) is 0 Å². The lowest BCUT2D eigenvalue weighted by molar-refractivity contribution is 0.0954. The molecule has 0 saturated carbocycles. The number of benzene rings is 1. The summed E-state index contributed by atoms with van der Waals surface area (Å²) in [5, 5.41) is 8.42. The Hall–Kier alpha value is -2.51. The Morgan fingerprint density at radius 3 is 2.72 bits per heavy atom. The molecule has 0 aliphatic heterocycles. The average molecular weight is 371 g/mol. The number of hydrogen-bond acceptors (Lipinski definition) is 5. The van der Waals surface area contributed by atoms with Crippen molar-refractivity contribution in [2.75, 3.05) is 11.9 Å².